The molecule has 0 spiro atoms. The second-order valence-electron chi connectivity index (χ2n) is 6.09. The van der Waals surface area contributed by atoms with Crippen LogP contribution in [0, 0.1) is 11.3 Å². The van der Waals surface area contributed by atoms with Crippen molar-refractivity contribution in [3.63, 3.8) is 0 Å². The third kappa shape index (κ3) is 4.10. The molecule has 1 aromatic heterocycles. The van der Waals surface area contributed by atoms with E-state index < -0.39 is 5.60 Å². The van der Waals surface area contributed by atoms with E-state index in [0.29, 0.717) is 31.9 Å². The third-order valence-corrected chi connectivity index (χ3v) is 3.65. The molecular formula is C15H19BrN4O2. The molecule has 6 nitrogen and oxygen atoms in total. The Balaban J connectivity index is 2.02. The van der Waals surface area contributed by atoms with Crippen LogP contribution in [-0.2, 0) is 4.74 Å². The summed E-state index contributed by atoms with van der Waals surface area (Å²) in [5.41, 5.74) is 0.700. The monoisotopic (exact) mass is 366 g/mol. The normalized spacial score (nSPS) is 15.4. The van der Waals surface area contributed by atoms with E-state index in [9.17, 15) is 4.79 Å². The molecule has 1 saturated heterocycles. The van der Waals surface area contributed by atoms with Gasteiger partial charge in [0.25, 0.3) is 0 Å². The number of amides is 1. The van der Waals surface area contributed by atoms with Crippen molar-refractivity contribution in [1.29, 1.82) is 5.26 Å². The Labute approximate surface area is 138 Å². The lowest BCUT2D eigenvalue weighted by Gasteiger charge is -2.36. The molecule has 7 heteroatoms. The molecule has 1 fully saturated rings. The van der Waals surface area contributed by atoms with E-state index in [0.717, 1.165) is 10.2 Å². The van der Waals surface area contributed by atoms with Gasteiger partial charge in [-0.1, -0.05) is 0 Å². The standard InChI is InChI=1S/C15H19BrN4O2/c1-15(2,3)22-14(21)20-6-4-19(5-7-20)13-8-11(16)10-18-12(13)9-17/h8,10H,4-7H2,1-3H3. The average Bonchev–Trinajstić information content (AvgIpc) is 2.45. The van der Waals surface area contributed by atoms with Gasteiger partial charge in [0.05, 0.1) is 5.69 Å². The van der Waals surface area contributed by atoms with Crippen molar-refractivity contribution in [2.24, 2.45) is 0 Å². The molecule has 1 aliphatic heterocycles. The molecule has 22 heavy (non-hydrogen) atoms. The Kier molecular flexibility index (Phi) is 4.91. The first-order valence-corrected chi connectivity index (χ1v) is 7.88. The fourth-order valence-corrected chi connectivity index (χ4v) is 2.53. The molecule has 0 aliphatic carbocycles. The first-order valence-electron chi connectivity index (χ1n) is 7.08. The van der Waals surface area contributed by atoms with Crippen molar-refractivity contribution in [3.8, 4) is 6.07 Å². The van der Waals surface area contributed by atoms with Gasteiger partial charge in [-0.3, -0.25) is 0 Å². The number of hydrogen-bond acceptors (Lipinski definition) is 5. The quantitative estimate of drug-likeness (QED) is 0.764. The third-order valence-electron chi connectivity index (χ3n) is 3.21. The zero-order valence-corrected chi connectivity index (χ0v) is 14.6. The Morgan fingerprint density at radius 1 is 1.36 bits per heavy atom. The Bertz CT molecular complexity index is 599. The van der Waals surface area contributed by atoms with E-state index in [-0.39, 0.29) is 6.09 Å². The number of carbonyl (C=O) groups excluding carboxylic acids is 1. The molecule has 118 valence electrons. The number of piperazine rings is 1. The Morgan fingerprint density at radius 3 is 2.55 bits per heavy atom. The number of rotatable bonds is 1. The maximum absolute atomic E-state index is 12.0. The van der Waals surface area contributed by atoms with E-state index in [1.807, 2.05) is 26.8 Å². The number of aromatic nitrogens is 1. The maximum Gasteiger partial charge on any atom is 0.410 e. The molecular weight excluding hydrogens is 348 g/mol. The fourth-order valence-electron chi connectivity index (χ4n) is 2.21. The predicted molar refractivity (Wildman–Crippen MR) is 86.7 cm³/mol. The molecule has 0 aromatic carbocycles. The van der Waals surface area contributed by atoms with Crippen molar-refractivity contribution >= 4 is 27.7 Å². The number of carbonyl (C=O) groups is 1. The summed E-state index contributed by atoms with van der Waals surface area (Å²) in [6.07, 6.45) is 1.32. The largest absolute Gasteiger partial charge is 0.444 e. The number of halogens is 1. The molecule has 1 aromatic rings. The van der Waals surface area contributed by atoms with Crippen LogP contribution in [0.25, 0.3) is 0 Å². The van der Waals surface area contributed by atoms with Crippen LogP contribution in [0.1, 0.15) is 26.5 Å². The van der Waals surface area contributed by atoms with Crippen molar-refractivity contribution in [3.05, 3.63) is 22.4 Å². The van der Waals surface area contributed by atoms with Crippen LogP contribution in [-0.4, -0.2) is 47.8 Å². The Hall–Kier alpha value is -1.81. The number of nitrogens with zero attached hydrogens (tertiary/aromatic N) is 4. The van der Waals surface area contributed by atoms with E-state index in [2.05, 4.69) is 31.9 Å². The van der Waals surface area contributed by atoms with Crippen LogP contribution < -0.4 is 4.90 Å². The molecule has 2 rings (SSSR count). The zero-order valence-electron chi connectivity index (χ0n) is 13.0. The average molecular weight is 367 g/mol. The summed E-state index contributed by atoms with van der Waals surface area (Å²) in [5, 5.41) is 9.17. The van der Waals surface area contributed by atoms with Crippen molar-refractivity contribution < 1.29 is 9.53 Å². The highest BCUT2D eigenvalue weighted by Crippen LogP contribution is 2.24. The molecule has 1 aliphatic rings. The van der Waals surface area contributed by atoms with Gasteiger partial charge in [-0.15, -0.1) is 0 Å². The van der Waals surface area contributed by atoms with Crippen LogP contribution in [0.15, 0.2) is 16.7 Å². The van der Waals surface area contributed by atoms with Gasteiger partial charge in [0, 0.05) is 36.8 Å². The summed E-state index contributed by atoms with van der Waals surface area (Å²) in [6, 6.07) is 3.99. The summed E-state index contributed by atoms with van der Waals surface area (Å²) in [6.45, 7) is 7.98. The number of hydrogen-bond donors (Lipinski definition) is 0. The lowest BCUT2D eigenvalue weighted by Crippen LogP contribution is -2.50. The first-order chi connectivity index (χ1) is 10.3. The summed E-state index contributed by atoms with van der Waals surface area (Å²) in [4.78, 5) is 19.9. The van der Waals surface area contributed by atoms with Crippen LogP contribution in [0.3, 0.4) is 0 Å². The predicted octanol–water partition coefficient (Wildman–Crippen LogP) is 2.77. The van der Waals surface area contributed by atoms with Crippen molar-refractivity contribution in [1.82, 2.24) is 9.88 Å². The van der Waals surface area contributed by atoms with Gasteiger partial charge < -0.3 is 14.5 Å². The van der Waals surface area contributed by atoms with Crippen molar-refractivity contribution in [2.45, 2.75) is 26.4 Å². The lowest BCUT2D eigenvalue weighted by atomic mass is 10.2. The molecule has 2 heterocycles. The van der Waals surface area contributed by atoms with Gasteiger partial charge in [-0.2, -0.15) is 5.26 Å². The number of anilines is 1. The molecule has 0 N–H and O–H groups in total. The second kappa shape index (κ2) is 6.53. The highest BCUT2D eigenvalue weighted by Gasteiger charge is 2.26. The highest BCUT2D eigenvalue weighted by molar-refractivity contribution is 9.10. The fraction of sp³-hybridized carbons (Fsp3) is 0.533. The second-order valence-corrected chi connectivity index (χ2v) is 7.00. The molecule has 0 radical (unpaired) electrons. The van der Waals surface area contributed by atoms with Gasteiger partial charge in [0.1, 0.15) is 11.7 Å². The van der Waals surface area contributed by atoms with Gasteiger partial charge in [-0.25, -0.2) is 9.78 Å². The van der Waals surface area contributed by atoms with Gasteiger partial charge in [0.2, 0.25) is 0 Å². The summed E-state index contributed by atoms with van der Waals surface area (Å²) >= 11 is 3.38. The van der Waals surface area contributed by atoms with Crippen LogP contribution >= 0.6 is 15.9 Å². The number of pyridine rings is 1. The summed E-state index contributed by atoms with van der Waals surface area (Å²) < 4.78 is 6.21. The minimum atomic E-state index is -0.490. The highest BCUT2D eigenvalue weighted by atomic mass is 79.9. The zero-order chi connectivity index (χ0) is 16.3. The molecule has 0 saturated carbocycles. The van der Waals surface area contributed by atoms with Gasteiger partial charge in [-0.05, 0) is 42.8 Å². The molecule has 0 unspecified atom stereocenters. The summed E-state index contributed by atoms with van der Waals surface area (Å²) in [5.74, 6) is 0. The minimum absolute atomic E-state index is 0.292. The molecule has 1 amide bonds. The van der Waals surface area contributed by atoms with E-state index in [4.69, 9.17) is 10.00 Å². The molecule has 0 bridgehead atoms. The van der Waals surface area contributed by atoms with E-state index in [1.165, 1.54) is 0 Å². The molecule has 0 atom stereocenters. The first kappa shape index (κ1) is 16.6. The van der Waals surface area contributed by atoms with Crippen LogP contribution in [0.2, 0.25) is 0 Å². The number of nitriles is 1. The Morgan fingerprint density at radius 2 is 2.00 bits per heavy atom. The maximum atomic E-state index is 12.0. The lowest BCUT2D eigenvalue weighted by molar-refractivity contribution is 0.0240. The topological polar surface area (TPSA) is 69.5 Å². The van der Waals surface area contributed by atoms with E-state index in [1.54, 1.807) is 11.1 Å². The SMILES string of the molecule is CC(C)(C)OC(=O)N1CCN(c2cc(Br)cnc2C#N)CC1. The summed E-state index contributed by atoms with van der Waals surface area (Å²) in [7, 11) is 0. The number of ether oxygens (including phenoxy) is 1. The van der Waals surface area contributed by atoms with Crippen LogP contribution in [0.4, 0.5) is 10.5 Å². The minimum Gasteiger partial charge on any atom is -0.444 e. The van der Waals surface area contributed by atoms with Gasteiger partial charge in [0.15, 0.2) is 5.69 Å². The van der Waals surface area contributed by atoms with E-state index >= 15 is 0 Å². The van der Waals surface area contributed by atoms with Crippen molar-refractivity contribution in [2.75, 3.05) is 31.1 Å². The van der Waals surface area contributed by atoms with Gasteiger partial charge >= 0.3 is 6.09 Å². The smallest absolute Gasteiger partial charge is 0.410 e. The van der Waals surface area contributed by atoms with Crippen LogP contribution in [0.5, 0.6) is 0 Å².